The number of methoxy groups -OCH3 is 1. The quantitative estimate of drug-likeness (QED) is 0.316. The molecule has 0 radical (unpaired) electrons. The Bertz CT molecular complexity index is 921. The van der Waals surface area contributed by atoms with E-state index in [1.54, 1.807) is 24.3 Å². The number of amides is 2. The highest BCUT2D eigenvalue weighted by Gasteiger charge is 2.10. The van der Waals surface area contributed by atoms with Crippen LogP contribution in [-0.2, 0) is 9.59 Å². The number of nitro groups is 1. The summed E-state index contributed by atoms with van der Waals surface area (Å²) in [5.41, 5.74) is 4.40. The number of carbonyl (C=O) groups excluding carboxylic acids is 2. The standard InChI is InChI=1S/C18H18N4O7S/c1-27-13-5-7-14(8-6-13)28-10-16(23)19-18(30)21-20-17(24)11-29-15-4-2-3-12(9-15)22(25)26/h2-9H,10-11H2,1H3,(H,20,24)(H2,19,21,23,30). The monoisotopic (exact) mass is 434 g/mol. The molecule has 2 aromatic carbocycles. The van der Waals surface area contributed by atoms with Crippen molar-refractivity contribution in [1.29, 1.82) is 0 Å². The molecule has 0 aliphatic carbocycles. The minimum Gasteiger partial charge on any atom is -0.497 e. The van der Waals surface area contributed by atoms with E-state index in [0.29, 0.717) is 11.5 Å². The Morgan fingerprint density at radius 3 is 2.27 bits per heavy atom. The summed E-state index contributed by atoms with van der Waals surface area (Å²) in [6, 6.07) is 12.1. The molecular formula is C18H18N4O7S. The Morgan fingerprint density at radius 2 is 1.60 bits per heavy atom. The summed E-state index contributed by atoms with van der Waals surface area (Å²) >= 11 is 4.89. The Morgan fingerprint density at radius 1 is 0.967 bits per heavy atom. The van der Waals surface area contributed by atoms with Crippen LogP contribution in [0.4, 0.5) is 5.69 Å². The van der Waals surface area contributed by atoms with Gasteiger partial charge in [0.15, 0.2) is 18.3 Å². The van der Waals surface area contributed by atoms with E-state index in [1.165, 1.54) is 31.4 Å². The van der Waals surface area contributed by atoms with Crippen molar-refractivity contribution in [3.8, 4) is 17.2 Å². The van der Waals surface area contributed by atoms with Gasteiger partial charge in [-0.3, -0.25) is 35.9 Å². The molecule has 0 fully saturated rings. The third kappa shape index (κ3) is 7.59. The second-order valence-electron chi connectivity index (χ2n) is 5.56. The van der Waals surface area contributed by atoms with Gasteiger partial charge in [0.2, 0.25) is 0 Å². The van der Waals surface area contributed by atoms with Gasteiger partial charge >= 0.3 is 0 Å². The largest absolute Gasteiger partial charge is 0.497 e. The number of rotatable bonds is 8. The van der Waals surface area contributed by atoms with Gasteiger partial charge in [-0.1, -0.05) is 6.07 Å². The van der Waals surface area contributed by atoms with Gasteiger partial charge in [-0.15, -0.1) is 0 Å². The van der Waals surface area contributed by atoms with Gasteiger partial charge in [0.25, 0.3) is 17.5 Å². The average Bonchev–Trinajstić information content (AvgIpc) is 2.75. The third-order valence-electron chi connectivity index (χ3n) is 3.40. The summed E-state index contributed by atoms with van der Waals surface area (Å²) in [6.45, 7) is -0.719. The lowest BCUT2D eigenvalue weighted by molar-refractivity contribution is -0.384. The Labute approximate surface area is 176 Å². The Balaban J connectivity index is 1.66. The molecule has 2 amide bonds. The van der Waals surface area contributed by atoms with Gasteiger partial charge in [0.1, 0.15) is 17.2 Å². The lowest BCUT2D eigenvalue weighted by atomic mass is 10.3. The van der Waals surface area contributed by atoms with Crippen LogP contribution in [0.2, 0.25) is 0 Å². The Hall–Kier alpha value is -3.93. The summed E-state index contributed by atoms with van der Waals surface area (Å²) in [5, 5.41) is 12.9. The first-order chi connectivity index (χ1) is 14.4. The summed E-state index contributed by atoms with van der Waals surface area (Å²) < 4.78 is 15.5. The smallest absolute Gasteiger partial charge is 0.276 e. The van der Waals surface area contributed by atoms with E-state index in [-0.39, 0.29) is 23.2 Å². The summed E-state index contributed by atoms with van der Waals surface area (Å²) in [7, 11) is 1.54. The molecule has 158 valence electrons. The van der Waals surface area contributed by atoms with Crippen molar-refractivity contribution in [2.24, 2.45) is 0 Å². The molecule has 0 saturated heterocycles. The number of hydrogen-bond donors (Lipinski definition) is 3. The SMILES string of the molecule is COc1ccc(OCC(=O)NC(=S)NNC(=O)COc2cccc([N+](=O)[O-])c2)cc1. The zero-order valence-electron chi connectivity index (χ0n) is 15.7. The van der Waals surface area contributed by atoms with Crippen LogP contribution < -0.4 is 30.4 Å². The molecule has 0 aliphatic rings. The van der Waals surface area contributed by atoms with Crippen molar-refractivity contribution < 1.29 is 28.7 Å². The van der Waals surface area contributed by atoms with Crippen molar-refractivity contribution in [1.82, 2.24) is 16.2 Å². The molecule has 3 N–H and O–H groups in total. The summed E-state index contributed by atoms with van der Waals surface area (Å²) in [5.74, 6) is 0.128. The molecule has 0 aliphatic heterocycles. The molecule has 0 saturated carbocycles. The van der Waals surface area contributed by atoms with E-state index in [2.05, 4.69) is 16.2 Å². The molecule has 0 bridgehead atoms. The van der Waals surface area contributed by atoms with Crippen molar-refractivity contribution in [2.45, 2.75) is 0 Å². The van der Waals surface area contributed by atoms with E-state index in [0.717, 1.165) is 0 Å². The molecule has 0 spiro atoms. The summed E-state index contributed by atoms with van der Waals surface area (Å²) in [6.07, 6.45) is 0. The minimum atomic E-state index is -0.618. The van der Waals surface area contributed by atoms with Crippen LogP contribution in [-0.4, -0.2) is 42.2 Å². The van der Waals surface area contributed by atoms with Crippen molar-refractivity contribution in [2.75, 3.05) is 20.3 Å². The van der Waals surface area contributed by atoms with E-state index in [9.17, 15) is 19.7 Å². The number of non-ortho nitro benzene ring substituents is 1. The molecule has 30 heavy (non-hydrogen) atoms. The molecule has 0 heterocycles. The van der Waals surface area contributed by atoms with Gasteiger partial charge in [0.05, 0.1) is 18.1 Å². The van der Waals surface area contributed by atoms with Crippen LogP contribution >= 0.6 is 12.2 Å². The number of hydrogen-bond acceptors (Lipinski definition) is 8. The van der Waals surface area contributed by atoms with Crippen LogP contribution in [0.1, 0.15) is 0 Å². The molecule has 2 aromatic rings. The van der Waals surface area contributed by atoms with Crippen molar-refractivity contribution in [3.05, 3.63) is 58.6 Å². The van der Waals surface area contributed by atoms with Gasteiger partial charge < -0.3 is 14.2 Å². The summed E-state index contributed by atoms with van der Waals surface area (Å²) in [4.78, 5) is 33.7. The van der Waals surface area contributed by atoms with Crippen molar-refractivity contribution >= 4 is 34.8 Å². The fourth-order valence-electron chi connectivity index (χ4n) is 2.01. The number of benzene rings is 2. The highest BCUT2D eigenvalue weighted by molar-refractivity contribution is 7.80. The van der Waals surface area contributed by atoms with Gasteiger partial charge in [-0.05, 0) is 42.5 Å². The van der Waals surface area contributed by atoms with Crippen LogP contribution in [0.3, 0.4) is 0 Å². The number of nitrogens with zero attached hydrogens (tertiary/aromatic N) is 1. The topological polar surface area (TPSA) is 141 Å². The zero-order valence-corrected chi connectivity index (χ0v) is 16.6. The number of nitrogens with one attached hydrogen (secondary N) is 3. The van der Waals surface area contributed by atoms with E-state index in [1.807, 2.05) is 0 Å². The zero-order chi connectivity index (χ0) is 21.9. The number of ether oxygens (including phenoxy) is 3. The number of nitro benzene ring substituents is 1. The van der Waals surface area contributed by atoms with E-state index in [4.69, 9.17) is 26.4 Å². The fraction of sp³-hybridized carbons (Fsp3) is 0.167. The first-order valence-electron chi connectivity index (χ1n) is 8.40. The van der Waals surface area contributed by atoms with Crippen LogP contribution in [0.25, 0.3) is 0 Å². The average molecular weight is 434 g/mol. The maximum absolute atomic E-state index is 11.8. The Kier molecular flexibility index (Phi) is 8.32. The van der Waals surface area contributed by atoms with E-state index >= 15 is 0 Å². The lowest BCUT2D eigenvalue weighted by Crippen LogP contribution is -2.50. The van der Waals surface area contributed by atoms with Crippen LogP contribution in [0.5, 0.6) is 17.2 Å². The maximum atomic E-state index is 11.8. The first-order valence-corrected chi connectivity index (χ1v) is 8.81. The normalized spacial score (nSPS) is 9.77. The number of carbonyl (C=O) groups is 2. The minimum absolute atomic E-state index is 0.151. The van der Waals surface area contributed by atoms with Gasteiger partial charge in [-0.25, -0.2) is 0 Å². The number of hydrazine groups is 1. The van der Waals surface area contributed by atoms with Crippen molar-refractivity contribution in [3.63, 3.8) is 0 Å². The van der Waals surface area contributed by atoms with Gasteiger partial charge in [0, 0.05) is 6.07 Å². The molecule has 0 unspecified atom stereocenters. The second kappa shape index (κ2) is 11.2. The number of thiocarbonyl (C=S) groups is 1. The highest BCUT2D eigenvalue weighted by Crippen LogP contribution is 2.19. The maximum Gasteiger partial charge on any atom is 0.276 e. The predicted molar refractivity (Wildman–Crippen MR) is 109 cm³/mol. The van der Waals surface area contributed by atoms with E-state index < -0.39 is 23.3 Å². The molecule has 0 atom stereocenters. The second-order valence-corrected chi connectivity index (χ2v) is 5.97. The van der Waals surface area contributed by atoms with Gasteiger partial charge in [-0.2, -0.15) is 0 Å². The van der Waals surface area contributed by atoms with Crippen LogP contribution in [0, 0.1) is 10.1 Å². The predicted octanol–water partition coefficient (Wildman–Crippen LogP) is 1.08. The third-order valence-corrected chi connectivity index (χ3v) is 3.60. The fourth-order valence-corrected chi connectivity index (χ4v) is 2.18. The lowest BCUT2D eigenvalue weighted by Gasteiger charge is -2.12. The molecule has 0 aromatic heterocycles. The molecule has 11 nitrogen and oxygen atoms in total. The molecule has 2 rings (SSSR count). The molecular weight excluding hydrogens is 416 g/mol. The highest BCUT2D eigenvalue weighted by atomic mass is 32.1. The molecule has 12 heteroatoms. The van der Waals surface area contributed by atoms with Crippen LogP contribution in [0.15, 0.2) is 48.5 Å². The first kappa shape index (κ1) is 22.4.